The highest BCUT2D eigenvalue weighted by atomic mass is 35.5. The molecule has 1 saturated heterocycles. The van der Waals surface area contributed by atoms with Crippen molar-refractivity contribution in [1.29, 1.82) is 0 Å². The molecular formula is C22H24ClN3O4S2. The van der Waals surface area contributed by atoms with E-state index in [4.69, 9.17) is 21.3 Å². The number of hydrogen-bond acceptors (Lipinski definition) is 7. The lowest BCUT2D eigenvalue weighted by Gasteiger charge is -2.25. The van der Waals surface area contributed by atoms with Crippen molar-refractivity contribution >= 4 is 55.6 Å². The smallest absolute Gasteiger partial charge is 0.244 e. The highest BCUT2D eigenvalue weighted by molar-refractivity contribution is 8.15. The molecule has 2 atom stereocenters. The lowest BCUT2D eigenvalue weighted by Crippen LogP contribution is -2.36. The summed E-state index contributed by atoms with van der Waals surface area (Å²) in [5.41, 5.74) is 3.45. The van der Waals surface area contributed by atoms with Crippen molar-refractivity contribution in [3.05, 3.63) is 52.5 Å². The van der Waals surface area contributed by atoms with Crippen LogP contribution in [-0.2, 0) is 14.6 Å². The number of carbonyl (C=O) groups excluding carboxylic acids is 1. The van der Waals surface area contributed by atoms with Gasteiger partial charge in [-0.1, -0.05) is 29.4 Å². The first kappa shape index (κ1) is 22.9. The van der Waals surface area contributed by atoms with E-state index in [0.717, 1.165) is 16.8 Å². The molecule has 1 fully saturated rings. The van der Waals surface area contributed by atoms with Gasteiger partial charge in [-0.3, -0.25) is 9.79 Å². The first-order valence-corrected chi connectivity index (χ1v) is 13.2. The first-order chi connectivity index (χ1) is 15.1. The molecule has 2 aromatic rings. The number of rotatable bonds is 5. The largest absolute Gasteiger partial charge is 0.495 e. The average Bonchev–Trinajstić information content (AvgIpc) is 3.18. The van der Waals surface area contributed by atoms with Gasteiger partial charge in [-0.15, -0.1) is 0 Å². The van der Waals surface area contributed by atoms with Crippen molar-refractivity contribution < 1.29 is 17.9 Å². The molecule has 1 N–H and O–H groups in total. The first-order valence-electron chi connectivity index (χ1n) is 10.1. The fraction of sp³-hybridized carbons (Fsp3) is 0.364. The van der Waals surface area contributed by atoms with E-state index in [0.29, 0.717) is 21.6 Å². The molecule has 170 valence electrons. The molecule has 0 aliphatic carbocycles. The van der Waals surface area contributed by atoms with Crippen LogP contribution in [0.1, 0.15) is 11.1 Å². The van der Waals surface area contributed by atoms with Gasteiger partial charge in [-0.25, -0.2) is 8.42 Å². The molecular weight excluding hydrogens is 470 g/mol. The van der Waals surface area contributed by atoms with Crippen LogP contribution < -0.4 is 15.0 Å². The Morgan fingerprint density at radius 1 is 1.22 bits per heavy atom. The lowest BCUT2D eigenvalue weighted by molar-refractivity contribution is -0.114. The molecule has 0 spiro atoms. The summed E-state index contributed by atoms with van der Waals surface area (Å²) in [7, 11) is -1.54. The van der Waals surface area contributed by atoms with Crippen molar-refractivity contribution in [3.8, 4) is 5.75 Å². The van der Waals surface area contributed by atoms with Crippen molar-refractivity contribution in [2.24, 2.45) is 4.99 Å². The van der Waals surface area contributed by atoms with Gasteiger partial charge < -0.3 is 15.0 Å². The normalized spacial score (nSPS) is 21.1. The molecule has 1 amide bonds. The molecule has 0 radical (unpaired) electrons. The molecule has 2 heterocycles. The monoisotopic (exact) mass is 493 g/mol. The van der Waals surface area contributed by atoms with Crippen molar-refractivity contribution in [3.63, 3.8) is 0 Å². The number of halogens is 1. The van der Waals surface area contributed by atoms with Gasteiger partial charge in [0.2, 0.25) is 5.91 Å². The van der Waals surface area contributed by atoms with Gasteiger partial charge in [0.05, 0.1) is 30.3 Å². The molecule has 32 heavy (non-hydrogen) atoms. The molecule has 0 saturated carbocycles. The van der Waals surface area contributed by atoms with Gasteiger partial charge in [0.25, 0.3) is 0 Å². The number of fused-ring (bicyclic) bond motifs is 1. The van der Waals surface area contributed by atoms with E-state index < -0.39 is 9.84 Å². The van der Waals surface area contributed by atoms with Gasteiger partial charge in [0.1, 0.15) is 12.3 Å². The molecule has 2 aliphatic heterocycles. The summed E-state index contributed by atoms with van der Waals surface area (Å²) >= 11 is 7.51. The van der Waals surface area contributed by atoms with Crippen LogP contribution >= 0.6 is 23.4 Å². The second kappa shape index (κ2) is 8.96. The number of thioether (sulfide) groups is 1. The van der Waals surface area contributed by atoms with Crippen LogP contribution in [-0.4, -0.2) is 55.9 Å². The van der Waals surface area contributed by atoms with E-state index in [1.54, 1.807) is 18.2 Å². The minimum Gasteiger partial charge on any atom is -0.495 e. The van der Waals surface area contributed by atoms with Crippen LogP contribution in [0, 0.1) is 13.8 Å². The van der Waals surface area contributed by atoms with E-state index >= 15 is 0 Å². The van der Waals surface area contributed by atoms with Crippen LogP contribution in [0.15, 0.2) is 41.4 Å². The average molecular weight is 494 g/mol. The summed E-state index contributed by atoms with van der Waals surface area (Å²) in [4.78, 5) is 19.6. The van der Waals surface area contributed by atoms with Gasteiger partial charge >= 0.3 is 0 Å². The summed E-state index contributed by atoms with van der Waals surface area (Å²) in [5, 5.41) is 3.90. The third-order valence-electron chi connectivity index (χ3n) is 5.29. The third-order valence-corrected chi connectivity index (χ3v) is 8.77. The number of nitrogens with one attached hydrogen (secondary N) is 1. The maximum absolute atomic E-state index is 13.0. The number of aliphatic imine (C=N–C) groups is 1. The maximum Gasteiger partial charge on any atom is 0.244 e. The number of ether oxygens (including phenoxy) is 1. The predicted molar refractivity (Wildman–Crippen MR) is 131 cm³/mol. The minimum absolute atomic E-state index is 0.0105. The zero-order valence-electron chi connectivity index (χ0n) is 18.0. The van der Waals surface area contributed by atoms with Gasteiger partial charge in [-0.2, -0.15) is 0 Å². The predicted octanol–water partition coefficient (Wildman–Crippen LogP) is 3.68. The lowest BCUT2D eigenvalue weighted by atomic mass is 10.1. The van der Waals surface area contributed by atoms with Crippen LogP contribution in [0.25, 0.3) is 0 Å². The van der Waals surface area contributed by atoms with Crippen molar-refractivity contribution in [2.75, 3.05) is 35.4 Å². The molecule has 4 rings (SSSR count). The molecule has 2 aromatic carbocycles. The summed E-state index contributed by atoms with van der Waals surface area (Å²) in [5.74, 6) is 0.411. The molecule has 7 nitrogen and oxygen atoms in total. The molecule has 10 heteroatoms. The van der Waals surface area contributed by atoms with Gasteiger partial charge in [-0.05, 0) is 55.3 Å². The van der Waals surface area contributed by atoms with Crippen LogP contribution in [0.4, 0.5) is 11.4 Å². The molecule has 2 aliphatic rings. The Labute approximate surface area is 197 Å². The minimum atomic E-state index is -3.06. The van der Waals surface area contributed by atoms with Crippen LogP contribution in [0.3, 0.4) is 0 Å². The number of aryl methyl sites for hydroxylation is 2. The maximum atomic E-state index is 13.0. The quantitative estimate of drug-likeness (QED) is 0.683. The van der Waals surface area contributed by atoms with Crippen LogP contribution in [0.2, 0.25) is 5.02 Å². The second-order valence-electron chi connectivity index (χ2n) is 8.04. The SMILES string of the molecule is COc1ccc(Cl)cc1NC(=O)CN(C1=N[C@@H]2CS(=O)(=O)C[C@@H]2S1)c1cc(C)cc(C)c1. The zero-order chi connectivity index (χ0) is 23.0. The second-order valence-corrected chi connectivity index (χ2v) is 11.8. The number of amides is 1. The summed E-state index contributed by atoms with van der Waals surface area (Å²) < 4.78 is 29.3. The zero-order valence-corrected chi connectivity index (χ0v) is 20.4. The summed E-state index contributed by atoms with van der Waals surface area (Å²) in [6, 6.07) is 10.8. The molecule has 0 bridgehead atoms. The Balaban J connectivity index is 1.62. The summed E-state index contributed by atoms with van der Waals surface area (Å²) in [6.45, 7) is 4.00. The third kappa shape index (κ3) is 5.05. The van der Waals surface area contributed by atoms with Gasteiger partial charge in [0.15, 0.2) is 15.0 Å². The number of amidine groups is 1. The van der Waals surface area contributed by atoms with E-state index in [-0.39, 0.29) is 35.2 Å². The van der Waals surface area contributed by atoms with Crippen molar-refractivity contribution in [1.82, 2.24) is 0 Å². The Morgan fingerprint density at radius 2 is 1.94 bits per heavy atom. The number of methoxy groups -OCH3 is 1. The number of hydrogen-bond donors (Lipinski definition) is 1. The molecule has 0 unspecified atom stereocenters. The highest BCUT2D eigenvalue weighted by Crippen LogP contribution is 2.37. The fourth-order valence-corrected chi connectivity index (χ4v) is 7.91. The number of sulfone groups is 1. The number of anilines is 2. The standard InChI is InChI=1S/C22H24ClN3O4S2/c1-13-6-14(2)8-16(7-13)26(22-25-18-11-32(28,29)12-20(18)31-22)10-21(27)24-17-9-15(23)4-5-19(17)30-3/h4-9,18,20H,10-12H2,1-3H3,(H,24,27)/t18-,20+/m1/s1. The number of nitrogens with zero attached hydrogens (tertiary/aromatic N) is 2. The highest BCUT2D eigenvalue weighted by Gasteiger charge is 2.44. The molecule has 0 aromatic heterocycles. The van der Waals surface area contributed by atoms with E-state index in [1.165, 1.54) is 18.9 Å². The Bertz CT molecular complexity index is 1180. The Morgan fingerprint density at radius 3 is 2.59 bits per heavy atom. The van der Waals surface area contributed by atoms with Crippen molar-refractivity contribution in [2.45, 2.75) is 25.1 Å². The van der Waals surface area contributed by atoms with E-state index in [1.807, 2.05) is 30.9 Å². The Hall–Kier alpha value is -2.23. The summed E-state index contributed by atoms with van der Waals surface area (Å²) in [6.07, 6.45) is 0. The van der Waals surface area contributed by atoms with Gasteiger partial charge in [0, 0.05) is 16.0 Å². The topological polar surface area (TPSA) is 88.1 Å². The van der Waals surface area contributed by atoms with Crippen LogP contribution in [0.5, 0.6) is 5.75 Å². The van der Waals surface area contributed by atoms with E-state index in [9.17, 15) is 13.2 Å². The Kier molecular flexibility index (Phi) is 6.42. The van der Waals surface area contributed by atoms with E-state index in [2.05, 4.69) is 11.4 Å². The number of benzene rings is 2. The fourth-order valence-electron chi connectivity index (χ4n) is 3.96. The number of carbonyl (C=O) groups is 1.